The summed E-state index contributed by atoms with van der Waals surface area (Å²) in [5.74, 6) is -1.07. The van der Waals surface area contributed by atoms with Crippen LogP contribution in [0.3, 0.4) is 0 Å². The third kappa shape index (κ3) is 5.62. The molecular weight excluding hydrogens is 485 g/mol. The average Bonchev–Trinajstić information content (AvgIpc) is 3.19. The molecule has 11 heteroatoms. The molecule has 3 aromatic rings. The third-order valence-corrected chi connectivity index (χ3v) is 6.81. The quantitative estimate of drug-likeness (QED) is 0.419. The zero-order chi connectivity index (χ0) is 25.3. The first kappa shape index (κ1) is 25.1. The fourth-order valence-corrected chi connectivity index (χ4v) is 4.35. The van der Waals surface area contributed by atoms with Gasteiger partial charge in [0, 0.05) is 31.2 Å². The topological polar surface area (TPSA) is 87.0 Å². The third-order valence-electron chi connectivity index (χ3n) is 5.67. The van der Waals surface area contributed by atoms with Gasteiger partial charge in [0.25, 0.3) is 4.90 Å². The van der Waals surface area contributed by atoms with Crippen molar-refractivity contribution in [3.8, 4) is 11.5 Å². The molecule has 35 heavy (non-hydrogen) atoms. The number of hydrogen-bond acceptors (Lipinski definition) is 6. The maximum absolute atomic E-state index is 13.2. The minimum absolute atomic E-state index is 0.0900. The summed E-state index contributed by atoms with van der Waals surface area (Å²) in [7, 11) is 3.73. The SMILES string of the molecule is CC(Oc1cccc(OC2CCC2)c1[S+]([O-])NC(=O)c1cc2ccc(N(C)C)cc2o1)C(F)(F)F. The van der Waals surface area contributed by atoms with Gasteiger partial charge in [-0.1, -0.05) is 6.07 Å². The second-order valence-electron chi connectivity index (χ2n) is 8.48. The maximum atomic E-state index is 13.2. The smallest absolute Gasteiger partial charge is 0.425 e. The molecule has 0 aliphatic heterocycles. The number of nitrogens with one attached hydrogen (secondary N) is 1. The number of anilines is 1. The van der Waals surface area contributed by atoms with E-state index in [2.05, 4.69) is 4.72 Å². The Bertz CT molecular complexity index is 1210. The van der Waals surface area contributed by atoms with Crippen LogP contribution < -0.4 is 19.1 Å². The Morgan fingerprint density at radius 1 is 1.20 bits per heavy atom. The lowest BCUT2D eigenvalue weighted by atomic mass is 9.96. The molecule has 1 aromatic heterocycles. The Morgan fingerprint density at radius 3 is 2.54 bits per heavy atom. The summed E-state index contributed by atoms with van der Waals surface area (Å²) >= 11 is -2.29. The predicted molar refractivity (Wildman–Crippen MR) is 125 cm³/mol. The molecule has 0 spiro atoms. The number of furan rings is 1. The summed E-state index contributed by atoms with van der Waals surface area (Å²) in [6.45, 7) is 0.848. The highest BCUT2D eigenvalue weighted by atomic mass is 32.2. The van der Waals surface area contributed by atoms with Crippen molar-refractivity contribution in [3.63, 3.8) is 0 Å². The van der Waals surface area contributed by atoms with Crippen LogP contribution in [0.15, 0.2) is 51.8 Å². The first-order chi connectivity index (χ1) is 16.5. The van der Waals surface area contributed by atoms with E-state index >= 15 is 0 Å². The zero-order valence-corrected chi connectivity index (χ0v) is 20.2. The standard InChI is InChI=1S/C24H25F3N2O5S/c1-14(24(25,26)27)32-18-8-5-9-19(33-17-6-4-7-17)22(18)35(31)28-23(30)21-12-15-10-11-16(29(2)3)13-20(15)34-21/h5,8-14,17H,4,6-7H2,1-3H3,(H,28,30). The summed E-state index contributed by atoms with van der Waals surface area (Å²) in [6.07, 6.45) is -4.42. The van der Waals surface area contributed by atoms with Crippen molar-refractivity contribution in [2.75, 3.05) is 19.0 Å². The number of amides is 1. The Labute approximate surface area is 203 Å². The van der Waals surface area contributed by atoms with Crippen molar-refractivity contribution in [2.45, 2.75) is 49.5 Å². The van der Waals surface area contributed by atoms with E-state index in [-0.39, 0.29) is 28.3 Å². The number of ether oxygens (including phenoxy) is 2. The minimum Gasteiger partial charge on any atom is -0.588 e. The van der Waals surface area contributed by atoms with Crippen molar-refractivity contribution >= 4 is 33.9 Å². The first-order valence-electron chi connectivity index (χ1n) is 11.0. The van der Waals surface area contributed by atoms with E-state index in [1.54, 1.807) is 12.1 Å². The summed E-state index contributed by atoms with van der Waals surface area (Å²) < 4.78 is 71.5. The molecule has 1 fully saturated rings. The van der Waals surface area contributed by atoms with Gasteiger partial charge in [0.1, 0.15) is 16.9 Å². The molecule has 0 bridgehead atoms. The van der Waals surface area contributed by atoms with E-state index in [0.717, 1.165) is 31.9 Å². The fraction of sp³-hybridized carbons (Fsp3) is 0.375. The van der Waals surface area contributed by atoms with Crippen molar-refractivity contribution in [3.05, 3.63) is 48.2 Å². The molecule has 7 nitrogen and oxygen atoms in total. The lowest BCUT2D eigenvalue weighted by molar-refractivity contribution is -0.189. The van der Waals surface area contributed by atoms with Gasteiger partial charge in [-0.15, -0.1) is 0 Å². The number of fused-ring (bicyclic) bond motifs is 1. The lowest BCUT2D eigenvalue weighted by Crippen LogP contribution is -2.34. The molecule has 1 saturated carbocycles. The molecule has 4 rings (SSSR count). The lowest BCUT2D eigenvalue weighted by Gasteiger charge is -2.28. The van der Waals surface area contributed by atoms with Gasteiger partial charge in [-0.25, -0.2) is 0 Å². The Hall–Kier alpha value is -3.05. The molecule has 0 radical (unpaired) electrons. The second-order valence-corrected chi connectivity index (χ2v) is 9.63. The maximum Gasteiger partial charge on any atom is 0.425 e. The number of hydrogen-bond donors (Lipinski definition) is 1. The molecule has 1 N–H and O–H groups in total. The van der Waals surface area contributed by atoms with Gasteiger partial charge < -0.3 is 23.3 Å². The van der Waals surface area contributed by atoms with Crippen LogP contribution in [-0.2, 0) is 11.4 Å². The Morgan fingerprint density at radius 2 is 1.91 bits per heavy atom. The van der Waals surface area contributed by atoms with Crippen molar-refractivity contribution in [1.29, 1.82) is 0 Å². The molecule has 2 atom stereocenters. The highest BCUT2D eigenvalue weighted by Gasteiger charge is 2.40. The van der Waals surface area contributed by atoms with E-state index in [0.29, 0.717) is 11.0 Å². The van der Waals surface area contributed by atoms with E-state index in [1.165, 1.54) is 24.3 Å². The predicted octanol–water partition coefficient (Wildman–Crippen LogP) is 5.21. The number of nitrogens with zero attached hydrogens (tertiary/aromatic N) is 1. The van der Waals surface area contributed by atoms with Crippen LogP contribution in [0, 0.1) is 0 Å². The number of carbonyl (C=O) groups is 1. The molecular formula is C24H25F3N2O5S. The number of rotatable bonds is 8. The summed E-state index contributed by atoms with van der Waals surface area (Å²) in [6, 6.07) is 11.1. The average molecular weight is 511 g/mol. The molecule has 1 aliphatic carbocycles. The van der Waals surface area contributed by atoms with Gasteiger partial charge in [-0.3, -0.25) is 4.79 Å². The Balaban J connectivity index is 1.60. The first-order valence-corrected chi connectivity index (χ1v) is 12.1. The summed E-state index contributed by atoms with van der Waals surface area (Å²) in [5, 5.41) is 0.670. The normalized spacial score (nSPS) is 15.9. The molecule has 188 valence electrons. The molecule has 1 aliphatic rings. The number of halogens is 3. The van der Waals surface area contributed by atoms with E-state index in [1.807, 2.05) is 25.1 Å². The zero-order valence-electron chi connectivity index (χ0n) is 19.3. The van der Waals surface area contributed by atoms with Crippen molar-refractivity contribution in [1.82, 2.24) is 4.72 Å². The van der Waals surface area contributed by atoms with Crippen molar-refractivity contribution < 1.29 is 36.4 Å². The van der Waals surface area contributed by atoms with Gasteiger partial charge in [0.15, 0.2) is 23.4 Å². The van der Waals surface area contributed by atoms with Gasteiger partial charge in [-0.2, -0.15) is 17.9 Å². The van der Waals surface area contributed by atoms with Crippen molar-refractivity contribution in [2.24, 2.45) is 0 Å². The van der Waals surface area contributed by atoms with Crippen LogP contribution in [0.4, 0.5) is 18.9 Å². The van der Waals surface area contributed by atoms with Crippen LogP contribution in [0.5, 0.6) is 11.5 Å². The number of benzene rings is 2. The largest absolute Gasteiger partial charge is 0.588 e. The Kier molecular flexibility index (Phi) is 7.09. The highest BCUT2D eigenvalue weighted by molar-refractivity contribution is 7.90. The van der Waals surface area contributed by atoms with Gasteiger partial charge >= 0.3 is 12.1 Å². The molecule has 1 amide bonds. The van der Waals surface area contributed by atoms with Crippen LogP contribution >= 0.6 is 0 Å². The van der Waals surface area contributed by atoms with E-state index in [9.17, 15) is 22.5 Å². The van der Waals surface area contributed by atoms with E-state index in [4.69, 9.17) is 13.9 Å². The van der Waals surface area contributed by atoms with Crippen LogP contribution in [0.1, 0.15) is 36.7 Å². The van der Waals surface area contributed by atoms with Crippen LogP contribution in [0.2, 0.25) is 0 Å². The monoisotopic (exact) mass is 510 g/mol. The number of carbonyl (C=O) groups excluding carboxylic acids is 1. The van der Waals surface area contributed by atoms with Gasteiger partial charge in [-0.05, 0) is 56.5 Å². The molecule has 0 saturated heterocycles. The van der Waals surface area contributed by atoms with Crippen LogP contribution in [0.25, 0.3) is 11.0 Å². The molecule has 2 unspecified atom stereocenters. The molecule has 1 heterocycles. The highest BCUT2D eigenvalue weighted by Crippen LogP contribution is 2.38. The van der Waals surface area contributed by atoms with Crippen LogP contribution in [-0.4, -0.2) is 42.9 Å². The van der Waals surface area contributed by atoms with Gasteiger partial charge in [0.2, 0.25) is 0 Å². The molecule has 2 aromatic carbocycles. The number of alkyl halides is 3. The van der Waals surface area contributed by atoms with E-state index < -0.39 is 29.5 Å². The fourth-order valence-electron chi connectivity index (χ4n) is 3.38. The minimum atomic E-state index is -4.63. The van der Waals surface area contributed by atoms with Gasteiger partial charge in [0.05, 0.1) is 6.10 Å². The second kappa shape index (κ2) is 9.90. The summed E-state index contributed by atoms with van der Waals surface area (Å²) in [5.41, 5.74) is 1.33. The summed E-state index contributed by atoms with van der Waals surface area (Å²) in [4.78, 5) is 14.5.